The number of rotatable bonds is 2. The summed E-state index contributed by atoms with van der Waals surface area (Å²) in [6, 6.07) is 6.19. The Balaban J connectivity index is 2.26. The molecule has 1 aromatic heterocycles. The summed E-state index contributed by atoms with van der Waals surface area (Å²) < 4.78 is 14.7. The molecule has 1 heterocycles. The summed E-state index contributed by atoms with van der Waals surface area (Å²) in [5, 5.41) is 13.2. The molecule has 0 atom stereocenters. The van der Waals surface area contributed by atoms with Crippen molar-refractivity contribution in [3.05, 3.63) is 52.6 Å². The monoisotopic (exact) mass is 235 g/mol. The molecule has 0 aliphatic heterocycles. The lowest BCUT2D eigenvalue weighted by molar-refractivity contribution is 0.620. The normalized spacial score (nSPS) is 10.1. The van der Waals surface area contributed by atoms with Crippen LogP contribution in [0, 0.1) is 17.1 Å². The van der Waals surface area contributed by atoms with Crippen molar-refractivity contribution < 1.29 is 4.39 Å². The number of hydrogen-bond donors (Lipinski definition) is 0. The molecule has 3 nitrogen and oxygen atoms in total. The molecule has 5 heteroatoms. The number of aromatic nitrogens is 2. The molecule has 0 radical (unpaired) electrons. The second kappa shape index (κ2) is 4.33. The van der Waals surface area contributed by atoms with E-state index in [4.69, 9.17) is 16.9 Å². The van der Waals surface area contributed by atoms with Gasteiger partial charge in [0.2, 0.25) is 0 Å². The minimum Gasteiger partial charge on any atom is -0.267 e. The second-order valence-electron chi connectivity index (χ2n) is 3.28. The summed E-state index contributed by atoms with van der Waals surface area (Å²) in [5.74, 6) is -0.509. The molecule has 0 spiro atoms. The molecule has 0 aliphatic rings. The van der Waals surface area contributed by atoms with Gasteiger partial charge in [0.1, 0.15) is 11.9 Å². The minimum atomic E-state index is -0.509. The van der Waals surface area contributed by atoms with Crippen molar-refractivity contribution in [3.63, 3.8) is 0 Å². The van der Waals surface area contributed by atoms with Crippen LogP contribution in [0.3, 0.4) is 0 Å². The maximum atomic E-state index is 13.0. The van der Waals surface area contributed by atoms with Crippen LogP contribution in [0.1, 0.15) is 11.1 Å². The van der Waals surface area contributed by atoms with Gasteiger partial charge in [0.25, 0.3) is 0 Å². The van der Waals surface area contributed by atoms with E-state index in [1.807, 2.05) is 0 Å². The van der Waals surface area contributed by atoms with E-state index in [0.29, 0.717) is 11.6 Å². The van der Waals surface area contributed by atoms with E-state index in [-0.39, 0.29) is 5.56 Å². The predicted octanol–water partition coefficient (Wildman–Crippen LogP) is 2.60. The zero-order valence-electron chi connectivity index (χ0n) is 8.19. The largest absolute Gasteiger partial charge is 0.267 e. The van der Waals surface area contributed by atoms with Gasteiger partial charge in [-0.05, 0) is 17.7 Å². The highest BCUT2D eigenvalue weighted by Gasteiger charge is 2.03. The number of nitrogens with zero attached hydrogens (tertiary/aromatic N) is 3. The average molecular weight is 236 g/mol. The zero-order valence-corrected chi connectivity index (χ0v) is 8.95. The quantitative estimate of drug-likeness (QED) is 0.803. The van der Waals surface area contributed by atoms with Gasteiger partial charge in [-0.25, -0.2) is 4.39 Å². The third-order valence-electron chi connectivity index (χ3n) is 2.10. The molecule has 0 fully saturated rings. The van der Waals surface area contributed by atoms with Crippen molar-refractivity contribution in [2.24, 2.45) is 0 Å². The number of halogens is 2. The predicted molar refractivity (Wildman–Crippen MR) is 57.5 cm³/mol. The van der Waals surface area contributed by atoms with Crippen molar-refractivity contribution in [3.8, 4) is 6.07 Å². The Kier molecular flexibility index (Phi) is 2.88. The first kappa shape index (κ1) is 10.7. The Morgan fingerprint density at radius 1 is 1.50 bits per heavy atom. The van der Waals surface area contributed by atoms with Gasteiger partial charge in [-0.1, -0.05) is 17.7 Å². The lowest BCUT2D eigenvalue weighted by Gasteiger charge is -2.02. The van der Waals surface area contributed by atoms with Gasteiger partial charge in [0, 0.05) is 6.20 Å². The van der Waals surface area contributed by atoms with Crippen molar-refractivity contribution in [2.45, 2.75) is 6.54 Å². The van der Waals surface area contributed by atoms with E-state index in [9.17, 15) is 4.39 Å². The number of hydrogen-bond acceptors (Lipinski definition) is 2. The summed E-state index contributed by atoms with van der Waals surface area (Å²) in [5.41, 5.74) is 0.841. The van der Waals surface area contributed by atoms with Crippen molar-refractivity contribution in [1.29, 1.82) is 5.26 Å². The van der Waals surface area contributed by atoms with E-state index in [0.717, 1.165) is 5.56 Å². The van der Waals surface area contributed by atoms with Crippen LogP contribution in [-0.4, -0.2) is 9.78 Å². The Morgan fingerprint density at radius 2 is 2.31 bits per heavy atom. The van der Waals surface area contributed by atoms with Gasteiger partial charge in [-0.15, -0.1) is 0 Å². The lowest BCUT2D eigenvalue weighted by atomic mass is 10.1. The third-order valence-corrected chi connectivity index (χ3v) is 2.29. The van der Waals surface area contributed by atoms with Crippen LogP contribution in [0.25, 0.3) is 0 Å². The van der Waals surface area contributed by atoms with E-state index in [1.54, 1.807) is 23.0 Å². The molecule has 0 amide bonds. The highest BCUT2D eigenvalue weighted by Crippen LogP contribution is 2.12. The summed E-state index contributed by atoms with van der Waals surface area (Å²) in [6.07, 6.45) is 3.19. The first-order chi connectivity index (χ1) is 7.69. The Hall–Kier alpha value is -1.86. The second-order valence-corrected chi connectivity index (χ2v) is 3.72. The van der Waals surface area contributed by atoms with Gasteiger partial charge in [-0.2, -0.15) is 10.4 Å². The molecule has 80 valence electrons. The molecule has 1 aromatic carbocycles. The number of nitriles is 1. The molecule has 0 unspecified atom stereocenters. The highest BCUT2D eigenvalue weighted by atomic mass is 35.5. The molecule has 2 rings (SSSR count). The smallest absolute Gasteiger partial charge is 0.140 e. The molecule has 0 bridgehead atoms. The first-order valence-electron chi connectivity index (χ1n) is 4.55. The molecule has 2 aromatic rings. The van der Waals surface area contributed by atoms with Crippen LogP contribution in [-0.2, 0) is 6.54 Å². The summed E-state index contributed by atoms with van der Waals surface area (Å²) in [6.45, 7) is 0.460. The van der Waals surface area contributed by atoms with Crippen LogP contribution < -0.4 is 0 Å². The Bertz CT molecular complexity index is 557. The highest BCUT2D eigenvalue weighted by molar-refractivity contribution is 6.30. The van der Waals surface area contributed by atoms with Gasteiger partial charge in [0.05, 0.1) is 23.3 Å². The van der Waals surface area contributed by atoms with Gasteiger partial charge in [0.15, 0.2) is 0 Å². The van der Waals surface area contributed by atoms with Crippen molar-refractivity contribution in [2.75, 3.05) is 0 Å². The van der Waals surface area contributed by atoms with Gasteiger partial charge < -0.3 is 0 Å². The van der Waals surface area contributed by atoms with E-state index < -0.39 is 5.82 Å². The Labute approximate surface area is 96.7 Å². The first-order valence-corrected chi connectivity index (χ1v) is 4.93. The fourth-order valence-corrected chi connectivity index (χ4v) is 1.52. The molecule has 0 aliphatic carbocycles. The molecular formula is C11H7ClFN3. The fraction of sp³-hybridized carbons (Fsp3) is 0.0909. The number of benzene rings is 1. The summed E-state index contributed by atoms with van der Waals surface area (Å²) in [4.78, 5) is 0. The van der Waals surface area contributed by atoms with Crippen LogP contribution >= 0.6 is 11.6 Å². The average Bonchev–Trinajstić information content (AvgIpc) is 2.67. The Morgan fingerprint density at radius 3 is 2.94 bits per heavy atom. The molecule has 0 N–H and O–H groups in total. The van der Waals surface area contributed by atoms with Crippen LogP contribution in [0.2, 0.25) is 5.02 Å². The summed E-state index contributed by atoms with van der Waals surface area (Å²) >= 11 is 5.71. The maximum absolute atomic E-state index is 13.0. The van der Waals surface area contributed by atoms with Gasteiger partial charge >= 0.3 is 0 Å². The topological polar surface area (TPSA) is 41.6 Å². The standard InChI is InChI=1S/C11H7ClFN3/c12-10-5-15-16(7-10)6-8-1-2-11(13)9(3-8)4-14/h1-3,5,7H,6H2. The SMILES string of the molecule is N#Cc1cc(Cn2cc(Cl)cn2)ccc1F. The van der Waals surface area contributed by atoms with Crippen molar-refractivity contribution in [1.82, 2.24) is 9.78 Å². The maximum Gasteiger partial charge on any atom is 0.140 e. The molecule has 0 saturated heterocycles. The van der Waals surface area contributed by atoms with E-state index in [1.165, 1.54) is 18.3 Å². The van der Waals surface area contributed by atoms with E-state index >= 15 is 0 Å². The summed E-state index contributed by atoms with van der Waals surface area (Å²) in [7, 11) is 0. The molecular weight excluding hydrogens is 229 g/mol. The van der Waals surface area contributed by atoms with Crippen LogP contribution in [0.4, 0.5) is 4.39 Å². The van der Waals surface area contributed by atoms with Crippen LogP contribution in [0.15, 0.2) is 30.6 Å². The van der Waals surface area contributed by atoms with Crippen molar-refractivity contribution >= 4 is 11.6 Å². The molecule has 16 heavy (non-hydrogen) atoms. The van der Waals surface area contributed by atoms with Gasteiger partial charge in [-0.3, -0.25) is 4.68 Å². The van der Waals surface area contributed by atoms with E-state index in [2.05, 4.69) is 5.10 Å². The minimum absolute atomic E-state index is 0.0377. The lowest BCUT2D eigenvalue weighted by Crippen LogP contribution is -2.00. The molecule has 0 saturated carbocycles. The third kappa shape index (κ3) is 2.20. The zero-order chi connectivity index (χ0) is 11.5. The van der Waals surface area contributed by atoms with Crippen LogP contribution in [0.5, 0.6) is 0 Å². The fourth-order valence-electron chi connectivity index (χ4n) is 1.37.